The van der Waals surface area contributed by atoms with Crippen molar-refractivity contribution in [3.63, 3.8) is 0 Å². The Morgan fingerprint density at radius 1 is 1.19 bits per heavy atom. The molecular weight excluding hydrogens is 328 g/mol. The standard InChI is InChI=1S/C20H20N4O2/c1-13-21-19(24(2)23-13)14-7-9-15(10-8-14)20(25)22-17-11-16-5-3-4-6-18(16)26-12-17/h3-10,17H,11-12H2,1-2H3,(H,22,25)/t17-/m0/s1. The van der Waals surface area contributed by atoms with Gasteiger partial charge in [0.05, 0.1) is 6.04 Å². The maximum atomic E-state index is 12.5. The van der Waals surface area contributed by atoms with Crippen LogP contribution in [0, 0.1) is 6.92 Å². The van der Waals surface area contributed by atoms with E-state index < -0.39 is 0 Å². The lowest BCUT2D eigenvalue weighted by atomic mass is 10.0. The molecule has 1 atom stereocenters. The molecule has 0 radical (unpaired) electrons. The minimum absolute atomic E-state index is 0.0292. The number of ether oxygens (including phenoxy) is 1. The summed E-state index contributed by atoms with van der Waals surface area (Å²) < 4.78 is 7.47. The minimum atomic E-state index is -0.0984. The Balaban J connectivity index is 1.45. The first-order valence-electron chi connectivity index (χ1n) is 8.60. The molecule has 2 aromatic carbocycles. The summed E-state index contributed by atoms with van der Waals surface area (Å²) in [5.74, 6) is 2.31. The van der Waals surface area contributed by atoms with Crippen LogP contribution in [0.3, 0.4) is 0 Å². The van der Waals surface area contributed by atoms with Gasteiger partial charge in [-0.05, 0) is 37.1 Å². The van der Waals surface area contributed by atoms with E-state index in [-0.39, 0.29) is 11.9 Å². The summed E-state index contributed by atoms with van der Waals surface area (Å²) in [7, 11) is 1.86. The van der Waals surface area contributed by atoms with Crippen LogP contribution in [-0.4, -0.2) is 33.3 Å². The number of carbonyl (C=O) groups is 1. The second kappa shape index (κ2) is 6.63. The van der Waals surface area contributed by atoms with Crippen molar-refractivity contribution in [1.29, 1.82) is 0 Å². The monoisotopic (exact) mass is 348 g/mol. The van der Waals surface area contributed by atoms with Gasteiger partial charge in [0.2, 0.25) is 0 Å². The highest BCUT2D eigenvalue weighted by Crippen LogP contribution is 2.24. The van der Waals surface area contributed by atoms with Crippen molar-refractivity contribution >= 4 is 5.91 Å². The first-order valence-corrected chi connectivity index (χ1v) is 8.60. The van der Waals surface area contributed by atoms with Crippen molar-refractivity contribution in [2.45, 2.75) is 19.4 Å². The summed E-state index contributed by atoms with van der Waals surface area (Å²) in [5, 5.41) is 7.31. The summed E-state index contributed by atoms with van der Waals surface area (Å²) in [6.07, 6.45) is 0.776. The molecule has 6 heteroatoms. The van der Waals surface area contributed by atoms with E-state index in [0.29, 0.717) is 12.2 Å². The summed E-state index contributed by atoms with van der Waals surface area (Å²) in [6, 6.07) is 15.3. The zero-order valence-corrected chi connectivity index (χ0v) is 14.8. The molecule has 0 saturated heterocycles. The maximum absolute atomic E-state index is 12.5. The molecular formula is C20H20N4O2. The van der Waals surface area contributed by atoms with Crippen LogP contribution in [0.5, 0.6) is 5.75 Å². The summed E-state index contributed by atoms with van der Waals surface area (Å²) in [4.78, 5) is 16.9. The zero-order valence-electron chi connectivity index (χ0n) is 14.8. The fraction of sp³-hybridized carbons (Fsp3) is 0.250. The van der Waals surface area contributed by atoms with E-state index in [1.165, 1.54) is 0 Å². The molecule has 2 heterocycles. The Labute approximate surface area is 151 Å². The third-order valence-electron chi connectivity index (χ3n) is 4.49. The topological polar surface area (TPSA) is 69.0 Å². The van der Waals surface area contributed by atoms with E-state index in [0.717, 1.165) is 34.9 Å². The van der Waals surface area contributed by atoms with Gasteiger partial charge in [-0.2, -0.15) is 5.10 Å². The summed E-state index contributed by atoms with van der Waals surface area (Å²) >= 11 is 0. The molecule has 0 saturated carbocycles. The first kappa shape index (κ1) is 16.3. The van der Waals surface area contributed by atoms with Crippen LogP contribution in [0.15, 0.2) is 48.5 Å². The SMILES string of the molecule is Cc1nc(-c2ccc(C(=O)N[C@@H]3COc4ccccc4C3)cc2)n(C)n1. The molecule has 26 heavy (non-hydrogen) atoms. The van der Waals surface area contributed by atoms with Crippen molar-refractivity contribution < 1.29 is 9.53 Å². The van der Waals surface area contributed by atoms with Gasteiger partial charge in [0, 0.05) is 18.2 Å². The van der Waals surface area contributed by atoms with Crippen LogP contribution in [-0.2, 0) is 13.5 Å². The number of aryl methyl sites for hydroxylation is 2. The predicted molar refractivity (Wildman–Crippen MR) is 98.1 cm³/mol. The normalized spacial score (nSPS) is 15.8. The fourth-order valence-electron chi connectivity index (χ4n) is 3.22. The quantitative estimate of drug-likeness (QED) is 0.790. The molecule has 0 fully saturated rings. The van der Waals surface area contributed by atoms with Crippen molar-refractivity contribution in [2.75, 3.05) is 6.61 Å². The van der Waals surface area contributed by atoms with Crippen molar-refractivity contribution in [1.82, 2.24) is 20.1 Å². The van der Waals surface area contributed by atoms with E-state index in [4.69, 9.17) is 4.74 Å². The second-order valence-corrected chi connectivity index (χ2v) is 6.48. The molecule has 132 valence electrons. The van der Waals surface area contributed by atoms with Crippen molar-refractivity contribution in [2.24, 2.45) is 7.05 Å². The fourth-order valence-corrected chi connectivity index (χ4v) is 3.22. The molecule has 6 nitrogen and oxygen atoms in total. The largest absolute Gasteiger partial charge is 0.491 e. The van der Waals surface area contributed by atoms with Gasteiger partial charge in [0.1, 0.15) is 18.2 Å². The molecule has 0 spiro atoms. The highest BCUT2D eigenvalue weighted by Gasteiger charge is 2.21. The van der Waals surface area contributed by atoms with Crippen molar-refractivity contribution in [3.8, 4) is 17.1 Å². The average molecular weight is 348 g/mol. The summed E-state index contributed by atoms with van der Waals surface area (Å²) in [6.45, 7) is 2.34. The molecule has 1 aliphatic rings. The number of aromatic nitrogens is 3. The molecule has 0 bridgehead atoms. The highest BCUT2D eigenvalue weighted by molar-refractivity contribution is 5.94. The van der Waals surface area contributed by atoms with Crippen LogP contribution in [0.4, 0.5) is 0 Å². The Bertz CT molecular complexity index is 947. The van der Waals surface area contributed by atoms with Gasteiger partial charge in [0.25, 0.3) is 5.91 Å². The van der Waals surface area contributed by atoms with Crippen LogP contribution in [0.25, 0.3) is 11.4 Å². The third-order valence-corrected chi connectivity index (χ3v) is 4.49. The Morgan fingerprint density at radius 3 is 2.69 bits per heavy atom. The molecule has 4 rings (SSSR count). The lowest BCUT2D eigenvalue weighted by Crippen LogP contribution is -2.42. The number of nitrogens with zero attached hydrogens (tertiary/aromatic N) is 3. The maximum Gasteiger partial charge on any atom is 0.251 e. The number of rotatable bonds is 3. The van der Waals surface area contributed by atoms with Crippen LogP contribution < -0.4 is 10.1 Å². The van der Waals surface area contributed by atoms with E-state index >= 15 is 0 Å². The predicted octanol–water partition coefficient (Wildman–Crippen LogP) is 2.52. The summed E-state index contributed by atoms with van der Waals surface area (Å²) in [5.41, 5.74) is 2.67. The first-order chi connectivity index (χ1) is 12.6. The van der Waals surface area contributed by atoms with Gasteiger partial charge in [-0.25, -0.2) is 9.67 Å². The van der Waals surface area contributed by atoms with Gasteiger partial charge in [-0.3, -0.25) is 4.79 Å². The Kier molecular flexibility index (Phi) is 4.16. The lowest BCUT2D eigenvalue weighted by Gasteiger charge is -2.26. The number of hydrogen-bond acceptors (Lipinski definition) is 4. The lowest BCUT2D eigenvalue weighted by molar-refractivity contribution is 0.0915. The number of benzene rings is 2. The van der Waals surface area contributed by atoms with Crippen LogP contribution in [0.1, 0.15) is 21.7 Å². The van der Waals surface area contributed by atoms with E-state index in [2.05, 4.69) is 15.4 Å². The molecule has 1 amide bonds. The molecule has 1 aliphatic heterocycles. The number of carbonyl (C=O) groups excluding carboxylic acids is 1. The van der Waals surface area contributed by atoms with E-state index in [9.17, 15) is 4.79 Å². The molecule has 1 aromatic heterocycles. The van der Waals surface area contributed by atoms with E-state index in [1.807, 2.05) is 62.5 Å². The second-order valence-electron chi connectivity index (χ2n) is 6.48. The van der Waals surface area contributed by atoms with Crippen LogP contribution >= 0.6 is 0 Å². The number of hydrogen-bond donors (Lipinski definition) is 1. The van der Waals surface area contributed by atoms with Gasteiger partial charge >= 0.3 is 0 Å². The number of para-hydroxylation sites is 1. The molecule has 1 N–H and O–H groups in total. The zero-order chi connectivity index (χ0) is 18.1. The van der Waals surface area contributed by atoms with Crippen LogP contribution in [0.2, 0.25) is 0 Å². The minimum Gasteiger partial charge on any atom is -0.491 e. The Morgan fingerprint density at radius 2 is 1.96 bits per heavy atom. The van der Waals surface area contributed by atoms with Gasteiger partial charge in [-0.15, -0.1) is 0 Å². The molecule has 0 aliphatic carbocycles. The number of nitrogens with one attached hydrogen (secondary N) is 1. The van der Waals surface area contributed by atoms with Gasteiger partial charge in [-0.1, -0.05) is 30.3 Å². The highest BCUT2D eigenvalue weighted by atomic mass is 16.5. The Hall–Kier alpha value is -3.15. The molecule has 3 aromatic rings. The smallest absolute Gasteiger partial charge is 0.251 e. The average Bonchev–Trinajstić information content (AvgIpc) is 3.00. The van der Waals surface area contributed by atoms with Gasteiger partial charge in [0.15, 0.2) is 5.82 Å². The third kappa shape index (κ3) is 3.18. The molecule has 0 unspecified atom stereocenters. The number of amides is 1. The van der Waals surface area contributed by atoms with E-state index in [1.54, 1.807) is 4.68 Å². The number of fused-ring (bicyclic) bond motifs is 1. The van der Waals surface area contributed by atoms with Crippen molar-refractivity contribution in [3.05, 3.63) is 65.5 Å². The van der Waals surface area contributed by atoms with Gasteiger partial charge < -0.3 is 10.1 Å².